The van der Waals surface area contributed by atoms with Gasteiger partial charge < -0.3 is 10.6 Å². The van der Waals surface area contributed by atoms with Crippen molar-refractivity contribution in [2.24, 2.45) is 5.73 Å². The van der Waals surface area contributed by atoms with E-state index in [1.807, 2.05) is 13.0 Å². The van der Waals surface area contributed by atoms with Crippen molar-refractivity contribution in [1.82, 2.24) is 4.98 Å². The average molecular weight is 205 g/mol. The number of carbonyl (C=O) groups excluding carboxylic acids is 1. The molecule has 1 amide bonds. The van der Waals surface area contributed by atoms with E-state index in [4.69, 9.17) is 5.73 Å². The molecule has 0 bridgehead atoms. The Bertz CT molecular complexity index is 378. The molecule has 1 atom stereocenters. The third-order valence-electron chi connectivity index (χ3n) is 2.78. The van der Waals surface area contributed by atoms with Crippen LogP contribution in [0.2, 0.25) is 0 Å². The van der Waals surface area contributed by atoms with Crippen molar-refractivity contribution in [2.75, 3.05) is 11.4 Å². The van der Waals surface area contributed by atoms with Crippen LogP contribution in [-0.2, 0) is 4.79 Å². The number of hydrogen-bond donors (Lipinski definition) is 1. The molecule has 1 aromatic rings. The predicted molar refractivity (Wildman–Crippen MR) is 58.5 cm³/mol. The zero-order valence-corrected chi connectivity index (χ0v) is 8.81. The fraction of sp³-hybridized carbons (Fsp3) is 0.455. The first kappa shape index (κ1) is 10.1. The molecule has 1 aromatic heterocycles. The van der Waals surface area contributed by atoms with Crippen LogP contribution in [0.1, 0.15) is 18.4 Å². The lowest BCUT2D eigenvalue weighted by molar-refractivity contribution is -0.120. The maximum absolute atomic E-state index is 11.9. The van der Waals surface area contributed by atoms with Crippen LogP contribution in [0, 0.1) is 6.92 Å². The number of carbonyl (C=O) groups is 1. The van der Waals surface area contributed by atoms with Gasteiger partial charge in [0.1, 0.15) is 0 Å². The van der Waals surface area contributed by atoms with Crippen molar-refractivity contribution < 1.29 is 4.79 Å². The Morgan fingerprint density at radius 2 is 2.40 bits per heavy atom. The van der Waals surface area contributed by atoms with Crippen LogP contribution in [0.4, 0.5) is 5.69 Å². The number of aromatic nitrogens is 1. The summed E-state index contributed by atoms with van der Waals surface area (Å²) >= 11 is 0. The third-order valence-corrected chi connectivity index (χ3v) is 2.78. The van der Waals surface area contributed by atoms with Crippen molar-refractivity contribution in [1.29, 1.82) is 0 Å². The minimum Gasteiger partial charge on any atom is -0.320 e. The molecule has 2 rings (SSSR count). The maximum atomic E-state index is 11.9. The van der Waals surface area contributed by atoms with E-state index in [0.29, 0.717) is 0 Å². The summed E-state index contributed by atoms with van der Waals surface area (Å²) in [5, 5.41) is 0. The van der Waals surface area contributed by atoms with E-state index in [0.717, 1.165) is 30.6 Å². The molecule has 0 aromatic carbocycles. The second kappa shape index (κ2) is 3.98. The van der Waals surface area contributed by atoms with Gasteiger partial charge in [-0.05, 0) is 31.4 Å². The Morgan fingerprint density at radius 3 is 3.13 bits per heavy atom. The van der Waals surface area contributed by atoms with Crippen LogP contribution in [0.25, 0.3) is 0 Å². The molecular formula is C11H15N3O. The van der Waals surface area contributed by atoms with E-state index < -0.39 is 0 Å². The van der Waals surface area contributed by atoms with Crippen LogP contribution < -0.4 is 10.6 Å². The minimum absolute atomic E-state index is 0.0114. The second-order valence-electron chi connectivity index (χ2n) is 3.90. The van der Waals surface area contributed by atoms with Crippen molar-refractivity contribution >= 4 is 11.6 Å². The molecule has 1 aliphatic heterocycles. The average Bonchev–Trinajstić information content (AvgIpc) is 2.23. The number of nitrogens with zero attached hydrogens (tertiary/aromatic N) is 2. The fourth-order valence-electron chi connectivity index (χ4n) is 1.88. The van der Waals surface area contributed by atoms with Crippen molar-refractivity contribution in [3.8, 4) is 0 Å². The van der Waals surface area contributed by atoms with E-state index in [-0.39, 0.29) is 11.9 Å². The highest BCUT2D eigenvalue weighted by Crippen LogP contribution is 2.22. The van der Waals surface area contributed by atoms with Gasteiger partial charge in [-0.3, -0.25) is 9.78 Å². The largest absolute Gasteiger partial charge is 0.320 e. The van der Waals surface area contributed by atoms with Crippen LogP contribution in [0.3, 0.4) is 0 Å². The summed E-state index contributed by atoms with van der Waals surface area (Å²) in [6.07, 6.45) is 5.20. The highest BCUT2D eigenvalue weighted by molar-refractivity contribution is 5.98. The molecule has 1 fully saturated rings. The van der Waals surface area contributed by atoms with Gasteiger partial charge >= 0.3 is 0 Å². The summed E-state index contributed by atoms with van der Waals surface area (Å²) < 4.78 is 0. The highest BCUT2D eigenvalue weighted by atomic mass is 16.2. The quantitative estimate of drug-likeness (QED) is 0.739. The number of aryl methyl sites for hydroxylation is 1. The van der Waals surface area contributed by atoms with Gasteiger partial charge in [-0.15, -0.1) is 0 Å². The number of rotatable bonds is 1. The molecule has 1 unspecified atom stereocenters. The summed E-state index contributed by atoms with van der Waals surface area (Å²) in [6, 6.07) is 1.56. The van der Waals surface area contributed by atoms with Crippen molar-refractivity contribution in [3.63, 3.8) is 0 Å². The molecule has 0 aliphatic carbocycles. The highest BCUT2D eigenvalue weighted by Gasteiger charge is 2.27. The number of amides is 1. The Labute approximate surface area is 89.1 Å². The lowest BCUT2D eigenvalue weighted by Crippen LogP contribution is -2.48. The van der Waals surface area contributed by atoms with E-state index >= 15 is 0 Å². The van der Waals surface area contributed by atoms with Crippen LogP contribution in [0.15, 0.2) is 18.5 Å². The van der Waals surface area contributed by atoms with Gasteiger partial charge in [-0.25, -0.2) is 0 Å². The number of nitrogens with two attached hydrogens (primary N) is 1. The number of piperidine rings is 1. The smallest absolute Gasteiger partial charge is 0.243 e. The lowest BCUT2D eigenvalue weighted by atomic mass is 10.0. The standard InChI is InChI=1S/C11H15N3O/c1-8-4-5-13-7-10(8)14-6-2-3-9(12)11(14)15/h4-5,7,9H,2-3,6,12H2,1H3. The van der Waals surface area contributed by atoms with E-state index in [1.165, 1.54) is 0 Å². The summed E-state index contributed by atoms with van der Waals surface area (Å²) in [6.45, 7) is 2.73. The first-order valence-electron chi connectivity index (χ1n) is 5.17. The number of hydrogen-bond acceptors (Lipinski definition) is 3. The van der Waals surface area contributed by atoms with Crippen molar-refractivity contribution in [2.45, 2.75) is 25.8 Å². The van der Waals surface area contributed by atoms with Crippen LogP contribution in [-0.4, -0.2) is 23.5 Å². The molecule has 2 N–H and O–H groups in total. The SMILES string of the molecule is Cc1ccncc1N1CCCC(N)C1=O. The molecule has 0 spiro atoms. The summed E-state index contributed by atoms with van der Waals surface area (Å²) in [5.74, 6) is 0.0114. The molecule has 80 valence electrons. The normalized spacial score (nSPS) is 21.9. The molecule has 4 nitrogen and oxygen atoms in total. The molecule has 0 radical (unpaired) electrons. The zero-order valence-electron chi connectivity index (χ0n) is 8.81. The first-order valence-corrected chi connectivity index (χ1v) is 5.17. The zero-order chi connectivity index (χ0) is 10.8. The predicted octanol–water partition coefficient (Wildman–Crippen LogP) is 0.844. The summed E-state index contributed by atoms with van der Waals surface area (Å²) in [4.78, 5) is 17.6. The Morgan fingerprint density at radius 1 is 1.60 bits per heavy atom. The first-order chi connectivity index (χ1) is 7.20. The number of pyridine rings is 1. The van der Waals surface area contributed by atoms with Gasteiger partial charge in [0.15, 0.2) is 0 Å². The number of anilines is 1. The molecule has 1 aliphatic rings. The van der Waals surface area contributed by atoms with Crippen molar-refractivity contribution in [3.05, 3.63) is 24.0 Å². The summed E-state index contributed by atoms with van der Waals surface area (Å²) in [7, 11) is 0. The van der Waals surface area contributed by atoms with Gasteiger partial charge in [0.05, 0.1) is 17.9 Å². The Hall–Kier alpha value is -1.42. The Balaban J connectivity index is 2.30. The minimum atomic E-state index is -0.349. The van der Waals surface area contributed by atoms with E-state index in [9.17, 15) is 4.79 Å². The molecule has 4 heteroatoms. The van der Waals surface area contributed by atoms with Gasteiger partial charge in [0.25, 0.3) is 0 Å². The van der Waals surface area contributed by atoms with E-state index in [2.05, 4.69) is 4.98 Å². The third kappa shape index (κ3) is 1.85. The van der Waals surface area contributed by atoms with E-state index in [1.54, 1.807) is 17.3 Å². The molecule has 1 saturated heterocycles. The van der Waals surface area contributed by atoms with Crippen LogP contribution >= 0.6 is 0 Å². The van der Waals surface area contributed by atoms with Gasteiger partial charge in [0, 0.05) is 12.7 Å². The monoisotopic (exact) mass is 205 g/mol. The lowest BCUT2D eigenvalue weighted by Gasteiger charge is -2.31. The van der Waals surface area contributed by atoms with Gasteiger partial charge in [-0.2, -0.15) is 0 Å². The van der Waals surface area contributed by atoms with Crippen LogP contribution in [0.5, 0.6) is 0 Å². The summed E-state index contributed by atoms with van der Waals surface area (Å²) in [5.41, 5.74) is 7.69. The Kier molecular flexibility index (Phi) is 2.68. The fourth-order valence-corrected chi connectivity index (χ4v) is 1.88. The second-order valence-corrected chi connectivity index (χ2v) is 3.90. The topological polar surface area (TPSA) is 59.2 Å². The van der Waals surface area contributed by atoms with Gasteiger partial charge in [0.2, 0.25) is 5.91 Å². The van der Waals surface area contributed by atoms with Gasteiger partial charge in [-0.1, -0.05) is 0 Å². The molecule has 15 heavy (non-hydrogen) atoms. The molecule has 0 saturated carbocycles. The maximum Gasteiger partial charge on any atom is 0.243 e. The molecular weight excluding hydrogens is 190 g/mol. The molecule has 2 heterocycles.